The standard InChI is InChI=1S/C17H18N2O5/c1-3-24-17(13-4-8-14(9-5-13)19(21)22)18-16(20)12-6-10-15(23-2)11-7-12/h4-11,17H,3H2,1-2H3,(H,18,20). The number of rotatable bonds is 7. The molecule has 0 saturated carbocycles. The molecular formula is C17H18N2O5. The van der Waals surface area contributed by atoms with E-state index in [0.717, 1.165) is 0 Å². The van der Waals surface area contributed by atoms with Crippen LogP contribution in [0.15, 0.2) is 48.5 Å². The van der Waals surface area contributed by atoms with Gasteiger partial charge in [0.2, 0.25) is 0 Å². The Morgan fingerprint density at radius 1 is 1.17 bits per heavy atom. The molecule has 0 aromatic heterocycles. The van der Waals surface area contributed by atoms with Gasteiger partial charge in [0.1, 0.15) is 5.75 Å². The first-order valence-corrected chi connectivity index (χ1v) is 7.36. The first-order valence-electron chi connectivity index (χ1n) is 7.36. The molecule has 0 aliphatic rings. The highest BCUT2D eigenvalue weighted by molar-refractivity contribution is 5.94. The van der Waals surface area contributed by atoms with E-state index in [-0.39, 0.29) is 11.6 Å². The number of nitro benzene ring substituents is 1. The Labute approximate surface area is 139 Å². The van der Waals surface area contributed by atoms with Crippen molar-refractivity contribution in [3.8, 4) is 5.75 Å². The summed E-state index contributed by atoms with van der Waals surface area (Å²) < 4.78 is 10.6. The first kappa shape index (κ1) is 17.4. The zero-order valence-corrected chi connectivity index (χ0v) is 13.4. The number of hydrogen-bond acceptors (Lipinski definition) is 5. The van der Waals surface area contributed by atoms with Crippen LogP contribution in [-0.4, -0.2) is 24.5 Å². The normalized spacial score (nSPS) is 11.6. The van der Waals surface area contributed by atoms with E-state index in [4.69, 9.17) is 9.47 Å². The molecule has 126 valence electrons. The number of carbonyl (C=O) groups excluding carboxylic acids is 1. The number of amides is 1. The third-order valence-corrected chi connectivity index (χ3v) is 3.35. The van der Waals surface area contributed by atoms with Crippen molar-refractivity contribution in [2.24, 2.45) is 0 Å². The monoisotopic (exact) mass is 330 g/mol. The van der Waals surface area contributed by atoms with Gasteiger partial charge in [-0.3, -0.25) is 14.9 Å². The number of hydrogen-bond donors (Lipinski definition) is 1. The highest BCUT2D eigenvalue weighted by Gasteiger charge is 2.17. The van der Waals surface area contributed by atoms with Crippen LogP contribution in [-0.2, 0) is 4.74 Å². The fraction of sp³-hybridized carbons (Fsp3) is 0.235. The van der Waals surface area contributed by atoms with Gasteiger partial charge < -0.3 is 14.8 Å². The van der Waals surface area contributed by atoms with E-state index in [1.807, 2.05) is 0 Å². The third kappa shape index (κ3) is 4.30. The minimum atomic E-state index is -0.689. The summed E-state index contributed by atoms with van der Waals surface area (Å²) in [7, 11) is 1.55. The van der Waals surface area contributed by atoms with Crippen molar-refractivity contribution >= 4 is 11.6 Å². The van der Waals surface area contributed by atoms with Gasteiger partial charge in [0, 0.05) is 29.9 Å². The number of nitro groups is 1. The second-order valence-electron chi connectivity index (χ2n) is 4.89. The molecule has 0 bridgehead atoms. The van der Waals surface area contributed by atoms with Gasteiger partial charge in [-0.05, 0) is 43.3 Å². The Balaban J connectivity index is 2.14. The molecule has 2 rings (SSSR count). The van der Waals surface area contributed by atoms with Gasteiger partial charge in [-0.2, -0.15) is 0 Å². The van der Waals surface area contributed by atoms with Crippen LogP contribution < -0.4 is 10.1 Å². The van der Waals surface area contributed by atoms with E-state index in [1.54, 1.807) is 50.4 Å². The van der Waals surface area contributed by atoms with Gasteiger partial charge in [0.15, 0.2) is 6.23 Å². The largest absolute Gasteiger partial charge is 0.497 e. The summed E-state index contributed by atoms with van der Waals surface area (Å²) in [6.45, 7) is 2.18. The second kappa shape index (κ2) is 8.07. The van der Waals surface area contributed by atoms with Crippen LogP contribution >= 0.6 is 0 Å². The number of methoxy groups -OCH3 is 1. The van der Waals surface area contributed by atoms with Gasteiger partial charge in [-0.15, -0.1) is 0 Å². The molecule has 0 aliphatic heterocycles. The molecule has 1 N–H and O–H groups in total. The summed E-state index contributed by atoms with van der Waals surface area (Å²) in [6, 6.07) is 12.5. The Morgan fingerprint density at radius 3 is 2.29 bits per heavy atom. The van der Waals surface area contributed by atoms with E-state index in [1.165, 1.54) is 12.1 Å². The van der Waals surface area contributed by atoms with E-state index in [9.17, 15) is 14.9 Å². The third-order valence-electron chi connectivity index (χ3n) is 3.35. The number of nitrogens with zero attached hydrogens (tertiary/aromatic N) is 1. The zero-order valence-electron chi connectivity index (χ0n) is 13.4. The van der Waals surface area contributed by atoms with Gasteiger partial charge in [-0.25, -0.2) is 0 Å². The summed E-state index contributed by atoms with van der Waals surface area (Å²) in [5, 5.41) is 13.5. The highest BCUT2D eigenvalue weighted by Crippen LogP contribution is 2.20. The van der Waals surface area contributed by atoms with Gasteiger partial charge >= 0.3 is 0 Å². The summed E-state index contributed by atoms with van der Waals surface area (Å²) in [5.41, 5.74) is 1.07. The van der Waals surface area contributed by atoms with Gasteiger partial charge in [0.05, 0.1) is 12.0 Å². The summed E-state index contributed by atoms with van der Waals surface area (Å²) in [6.07, 6.45) is -0.689. The van der Waals surface area contributed by atoms with Crippen molar-refractivity contribution in [1.82, 2.24) is 5.32 Å². The molecule has 0 radical (unpaired) electrons. The van der Waals surface area contributed by atoms with E-state index < -0.39 is 11.2 Å². The summed E-state index contributed by atoms with van der Waals surface area (Å²) in [5.74, 6) is 0.345. The van der Waals surface area contributed by atoms with Crippen LogP contribution in [0, 0.1) is 10.1 Å². The Kier molecular flexibility index (Phi) is 5.86. The molecule has 0 fully saturated rings. The molecule has 0 spiro atoms. The quantitative estimate of drug-likeness (QED) is 0.478. The van der Waals surface area contributed by atoms with E-state index in [0.29, 0.717) is 23.5 Å². The van der Waals surface area contributed by atoms with Crippen LogP contribution in [0.4, 0.5) is 5.69 Å². The van der Waals surface area contributed by atoms with E-state index >= 15 is 0 Å². The van der Waals surface area contributed by atoms with Gasteiger partial charge in [-0.1, -0.05) is 0 Å². The maximum Gasteiger partial charge on any atom is 0.269 e. The van der Waals surface area contributed by atoms with Crippen molar-refractivity contribution in [3.05, 3.63) is 69.8 Å². The second-order valence-corrected chi connectivity index (χ2v) is 4.89. The molecule has 1 amide bonds. The van der Waals surface area contributed by atoms with Crippen molar-refractivity contribution in [2.45, 2.75) is 13.2 Å². The molecule has 2 aromatic carbocycles. The number of carbonyl (C=O) groups is 1. The Morgan fingerprint density at radius 2 is 1.79 bits per heavy atom. The van der Waals surface area contributed by atoms with Crippen molar-refractivity contribution in [3.63, 3.8) is 0 Å². The van der Waals surface area contributed by atoms with Crippen LogP contribution in [0.3, 0.4) is 0 Å². The average Bonchev–Trinajstić information content (AvgIpc) is 2.61. The maximum atomic E-state index is 12.3. The summed E-state index contributed by atoms with van der Waals surface area (Å²) >= 11 is 0. The van der Waals surface area contributed by atoms with E-state index in [2.05, 4.69) is 5.32 Å². The molecule has 7 heteroatoms. The molecule has 0 saturated heterocycles. The molecule has 0 aliphatic carbocycles. The SMILES string of the molecule is CCOC(NC(=O)c1ccc(OC)cc1)c1ccc([N+](=O)[O-])cc1. The smallest absolute Gasteiger partial charge is 0.269 e. The zero-order chi connectivity index (χ0) is 17.5. The highest BCUT2D eigenvalue weighted by atomic mass is 16.6. The fourth-order valence-corrected chi connectivity index (χ4v) is 2.10. The molecule has 7 nitrogen and oxygen atoms in total. The minimum absolute atomic E-state index is 0.0181. The maximum absolute atomic E-state index is 12.3. The lowest BCUT2D eigenvalue weighted by atomic mass is 10.1. The topological polar surface area (TPSA) is 90.7 Å². The minimum Gasteiger partial charge on any atom is -0.497 e. The predicted octanol–water partition coefficient (Wildman–Crippen LogP) is 3.07. The van der Waals surface area contributed by atoms with Crippen molar-refractivity contribution in [1.29, 1.82) is 0 Å². The molecule has 1 atom stereocenters. The molecule has 2 aromatic rings. The lowest BCUT2D eigenvalue weighted by Gasteiger charge is -2.19. The molecular weight excluding hydrogens is 312 g/mol. The molecule has 1 unspecified atom stereocenters. The van der Waals surface area contributed by atoms with Crippen molar-refractivity contribution in [2.75, 3.05) is 13.7 Å². The van der Waals surface area contributed by atoms with Crippen LogP contribution in [0.1, 0.15) is 29.1 Å². The van der Waals surface area contributed by atoms with Gasteiger partial charge in [0.25, 0.3) is 11.6 Å². The molecule has 24 heavy (non-hydrogen) atoms. The lowest BCUT2D eigenvalue weighted by molar-refractivity contribution is -0.384. The van der Waals surface area contributed by atoms with Crippen LogP contribution in [0.2, 0.25) is 0 Å². The van der Waals surface area contributed by atoms with Crippen molar-refractivity contribution < 1.29 is 19.2 Å². The van der Waals surface area contributed by atoms with Crippen LogP contribution in [0.25, 0.3) is 0 Å². The average molecular weight is 330 g/mol. The number of nitrogens with one attached hydrogen (secondary N) is 1. The lowest BCUT2D eigenvalue weighted by Crippen LogP contribution is -2.30. The Bertz CT molecular complexity index is 698. The Hall–Kier alpha value is -2.93. The van der Waals surface area contributed by atoms with Crippen LogP contribution in [0.5, 0.6) is 5.75 Å². The molecule has 0 heterocycles. The number of ether oxygens (including phenoxy) is 2. The number of non-ortho nitro benzene ring substituents is 1. The predicted molar refractivity (Wildman–Crippen MR) is 87.9 cm³/mol. The fourth-order valence-electron chi connectivity index (χ4n) is 2.10. The number of benzene rings is 2. The first-order chi connectivity index (χ1) is 11.5. The summed E-state index contributed by atoms with van der Waals surface area (Å²) in [4.78, 5) is 22.6.